The fraction of sp³-hybridized carbons (Fsp3) is 0.412. The molecule has 0 aliphatic carbocycles. The number of benzene rings is 1. The maximum absolute atomic E-state index is 13.3. The normalized spacial score (nSPS) is 20.2. The number of nitrogens with zero attached hydrogens (tertiary/aromatic N) is 1. The highest BCUT2D eigenvalue weighted by molar-refractivity contribution is 6.26. The number of imide groups is 2. The van der Waals surface area contributed by atoms with Crippen LogP contribution in [-0.4, -0.2) is 34.6 Å². The molecule has 4 amide bonds. The van der Waals surface area contributed by atoms with Crippen molar-refractivity contribution in [2.24, 2.45) is 11.7 Å². The number of halogens is 1. The molecular weight excluding hydrogens is 329 g/mol. The number of hydrogen-bond donors (Lipinski definition) is 2. The number of carbonyl (C=O) groups is 4. The summed E-state index contributed by atoms with van der Waals surface area (Å²) < 4.78 is 13.3. The Bertz CT molecular complexity index is 722. The van der Waals surface area contributed by atoms with E-state index in [9.17, 15) is 23.6 Å². The molecule has 0 saturated carbocycles. The summed E-state index contributed by atoms with van der Waals surface area (Å²) >= 11 is 0. The van der Waals surface area contributed by atoms with Crippen LogP contribution in [0.2, 0.25) is 0 Å². The largest absolute Gasteiger partial charge is 0.331 e. The molecule has 1 aliphatic heterocycles. The minimum Gasteiger partial charge on any atom is -0.324 e. The van der Waals surface area contributed by atoms with Gasteiger partial charge in [0.1, 0.15) is 5.82 Å². The second kappa shape index (κ2) is 7.52. The maximum atomic E-state index is 13.3. The number of hydrogen-bond acceptors (Lipinski definition) is 5. The molecule has 2 rings (SSSR count). The van der Waals surface area contributed by atoms with E-state index in [4.69, 9.17) is 5.73 Å². The number of Topliss-reactive ketones (excluding diaryl/α,β-unsaturated/α-hetero) is 1. The number of urea groups is 1. The van der Waals surface area contributed by atoms with E-state index in [-0.39, 0.29) is 6.42 Å². The summed E-state index contributed by atoms with van der Waals surface area (Å²) in [6.45, 7) is 3.42. The van der Waals surface area contributed by atoms with Crippen molar-refractivity contribution >= 4 is 23.6 Å². The van der Waals surface area contributed by atoms with Crippen molar-refractivity contribution < 1.29 is 23.6 Å². The fourth-order valence-corrected chi connectivity index (χ4v) is 2.66. The summed E-state index contributed by atoms with van der Waals surface area (Å²) in [4.78, 5) is 49.7. The lowest BCUT2D eigenvalue weighted by molar-refractivity contribution is -0.148. The third-order valence-corrected chi connectivity index (χ3v) is 4.25. The molecular formula is C17H20FN3O4. The average Bonchev–Trinajstić information content (AvgIpc) is 2.53. The van der Waals surface area contributed by atoms with Crippen molar-refractivity contribution in [2.75, 3.05) is 0 Å². The van der Waals surface area contributed by atoms with Crippen LogP contribution in [0.15, 0.2) is 24.3 Å². The topological polar surface area (TPSA) is 110 Å². The van der Waals surface area contributed by atoms with Crippen LogP contribution in [0, 0.1) is 11.7 Å². The lowest BCUT2D eigenvalue weighted by Gasteiger charge is -2.33. The highest BCUT2D eigenvalue weighted by atomic mass is 19.1. The number of nitrogens with one attached hydrogen (secondary N) is 1. The summed E-state index contributed by atoms with van der Waals surface area (Å²) in [6, 6.07) is 3.30. The van der Waals surface area contributed by atoms with Gasteiger partial charge in [0.05, 0.1) is 0 Å². The molecule has 8 heteroatoms. The van der Waals surface area contributed by atoms with E-state index in [1.165, 1.54) is 18.2 Å². The third kappa shape index (κ3) is 3.90. The van der Waals surface area contributed by atoms with Crippen molar-refractivity contribution in [3.8, 4) is 0 Å². The predicted octanol–water partition coefficient (Wildman–Crippen LogP) is 1.28. The Morgan fingerprint density at radius 3 is 2.64 bits per heavy atom. The van der Waals surface area contributed by atoms with Gasteiger partial charge in [-0.2, -0.15) is 0 Å². The van der Waals surface area contributed by atoms with Crippen molar-refractivity contribution in [2.45, 2.75) is 38.8 Å². The van der Waals surface area contributed by atoms with Crippen LogP contribution < -0.4 is 11.1 Å². The Kier molecular flexibility index (Phi) is 5.63. The van der Waals surface area contributed by atoms with E-state index in [2.05, 4.69) is 0 Å². The summed E-state index contributed by atoms with van der Waals surface area (Å²) in [7, 11) is 0. The lowest BCUT2D eigenvalue weighted by Crippen LogP contribution is -2.62. The zero-order valence-electron chi connectivity index (χ0n) is 14.0. The van der Waals surface area contributed by atoms with Crippen molar-refractivity contribution in [3.05, 3.63) is 35.6 Å². The number of amides is 4. The van der Waals surface area contributed by atoms with Gasteiger partial charge in [0.15, 0.2) is 11.7 Å². The molecule has 7 nitrogen and oxygen atoms in total. The van der Waals surface area contributed by atoms with E-state index in [1.807, 2.05) is 5.32 Å². The zero-order valence-corrected chi connectivity index (χ0v) is 14.0. The number of rotatable bonds is 6. The monoisotopic (exact) mass is 349 g/mol. The van der Waals surface area contributed by atoms with Crippen LogP contribution in [0.25, 0.3) is 0 Å². The number of carbonyl (C=O) groups excluding carboxylic acids is 4. The van der Waals surface area contributed by atoms with Gasteiger partial charge in [-0.15, -0.1) is 0 Å². The Morgan fingerprint density at radius 1 is 1.36 bits per heavy atom. The van der Waals surface area contributed by atoms with Gasteiger partial charge in [-0.1, -0.05) is 19.1 Å². The second-order valence-corrected chi connectivity index (χ2v) is 6.02. The Morgan fingerprint density at radius 2 is 2.04 bits per heavy atom. The number of ketones is 1. The van der Waals surface area contributed by atoms with Crippen molar-refractivity contribution in [1.29, 1.82) is 0 Å². The molecule has 0 spiro atoms. The fourth-order valence-electron chi connectivity index (χ4n) is 2.66. The molecule has 0 aromatic heterocycles. The molecule has 2 unspecified atom stereocenters. The number of nitrogens with two attached hydrogens (primary N) is 1. The first-order valence-electron chi connectivity index (χ1n) is 7.97. The molecule has 1 saturated heterocycles. The van der Waals surface area contributed by atoms with Gasteiger partial charge in [-0.25, -0.2) is 9.18 Å². The van der Waals surface area contributed by atoms with Gasteiger partial charge < -0.3 is 5.73 Å². The van der Waals surface area contributed by atoms with Crippen LogP contribution in [0.3, 0.4) is 0 Å². The first-order valence-corrected chi connectivity index (χ1v) is 7.97. The van der Waals surface area contributed by atoms with E-state index in [0.29, 0.717) is 12.0 Å². The van der Waals surface area contributed by atoms with Crippen LogP contribution in [0.4, 0.5) is 9.18 Å². The quantitative estimate of drug-likeness (QED) is 0.752. The van der Waals surface area contributed by atoms with Crippen LogP contribution in [-0.2, 0) is 14.4 Å². The Labute approximate surface area is 144 Å². The van der Waals surface area contributed by atoms with Crippen molar-refractivity contribution in [1.82, 2.24) is 10.2 Å². The van der Waals surface area contributed by atoms with E-state index in [1.54, 1.807) is 19.9 Å². The number of barbiturate groups is 1. The SMILES string of the molecule is CCC(C)N1C(=O)NC(=O)C(C(=O)C[C@@H](N)c2cccc(F)c2)C1=O. The molecule has 3 atom stereocenters. The van der Waals surface area contributed by atoms with Crippen LogP contribution in [0.5, 0.6) is 0 Å². The molecule has 0 radical (unpaired) electrons. The molecule has 1 aromatic carbocycles. The molecule has 1 heterocycles. The van der Waals surface area contributed by atoms with Gasteiger partial charge in [0, 0.05) is 18.5 Å². The molecule has 25 heavy (non-hydrogen) atoms. The molecule has 1 fully saturated rings. The van der Waals surface area contributed by atoms with Gasteiger partial charge in [0.2, 0.25) is 5.91 Å². The van der Waals surface area contributed by atoms with Gasteiger partial charge in [0.25, 0.3) is 5.91 Å². The minimum atomic E-state index is -1.62. The molecule has 1 aliphatic rings. The Balaban J connectivity index is 2.18. The highest BCUT2D eigenvalue weighted by Gasteiger charge is 2.46. The third-order valence-electron chi connectivity index (χ3n) is 4.25. The van der Waals surface area contributed by atoms with E-state index >= 15 is 0 Å². The molecule has 0 bridgehead atoms. The van der Waals surface area contributed by atoms with Gasteiger partial charge in [-0.3, -0.25) is 24.6 Å². The van der Waals surface area contributed by atoms with Crippen LogP contribution >= 0.6 is 0 Å². The standard InChI is InChI=1S/C17H20FN3O4/c1-3-9(2)21-16(24)14(15(23)20-17(21)25)13(22)8-12(19)10-5-4-6-11(18)7-10/h4-7,9,12,14H,3,8,19H2,1-2H3,(H,20,23,25)/t9?,12-,14?/m1/s1. The van der Waals surface area contributed by atoms with E-state index in [0.717, 1.165) is 4.90 Å². The average molecular weight is 349 g/mol. The molecule has 1 aromatic rings. The summed E-state index contributed by atoms with van der Waals surface area (Å²) in [5.74, 6) is -4.63. The first-order chi connectivity index (χ1) is 11.8. The van der Waals surface area contributed by atoms with Crippen LogP contribution in [0.1, 0.15) is 38.3 Å². The van der Waals surface area contributed by atoms with Gasteiger partial charge >= 0.3 is 6.03 Å². The molecule has 3 N–H and O–H groups in total. The Hall–Kier alpha value is -2.61. The van der Waals surface area contributed by atoms with E-state index < -0.39 is 47.4 Å². The minimum absolute atomic E-state index is 0.324. The lowest BCUT2D eigenvalue weighted by atomic mass is 9.91. The first kappa shape index (κ1) is 18.7. The smallest absolute Gasteiger partial charge is 0.324 e. The van der Waals surface area contributed by atoms with Crippen molar-refractivity contribution in [3.63, 3.8) is 0 Å². The second-order valence-electron chi connectivity index (χ2n) is 6.02. The summed E-state index contributed by atoms with van der Waals surface area (Å²) in [5, 5.41) is 2.03. The predicted molar refractivity (Wildman–Crippen MR) is 86.6 cm³/mol. The maximum Gasteiger partial charge on any atom is 0.331 e. The highest BCUT2D eigenvalue weighted by Crippen LogP contribution is 2.22. The summed E-state index contributed by atoms with van der Waals surface area (Å²) in [5.41, 5.74) is 6.28. The zero-order chi connectivity index (χ0) is 18.7. The molecule has 134 valence electrons. The van der Waals surface area contributed by atoms with Gasteiger partial charge in [-0.05, 0) is 31.0 Å². The summed E-state index contributed by atoms with van der Waals surface area (Å²) in [6.07, 6.45) is 0.160.